The molecule has 21 heavy (non-hydrogen) atoms. The van der Waals surface area contributed by atoms with Gasteiger partial charge >= 0.3 is 5.97 Å². The number of amides is 1. The van der Waals surface area contributed by atoms with E-state index in [-0.39, 0.29) is 24.3 Å². The highest BCUT2D eigenvalue weighted by atomic mass is 35.5. The summed E-state index contributed by atoms with van der Waals surface area (Å²) >= 11 is 5.96. The van der Waals surface area contributed by atoms with Crippen LogP contribution in [0.5, 0.6) is 0 Å². The molecule has 4 nitrogen and oxygen atoms in total. The third-order valence-electron chi connectivity index (χ3n) is 3.88. The van der Waals surface area contributed by atoms with Crippen LogP contribution in [0.2, 0.25) is 5.02 Å². The number of carbonyl (C=O) groups excluding carboxylic acids is 2. The van der Waals surface area contributed by atoms with Gasteiger partial charge in [0.1, 0.15) is 0 Å². The molecule has 0 spiro atoms. The molecule has 0 unspecified atom stereocenters. The van der Waals surface area contributed by atoms with Crippen LogP contribution in [-0.2, 0) is 9.53 Å². The molecule has 0 radical (unpaired) electrons. The van der Waals surface area contributed by atoms with Crippen molar-refractivity contribution in [2.45, 2.75) is 38.1 Å². The number of carbonyl (C=O) groups is 2. The van der Waals surface area contributed by atoms with Gasteiger partial charge in [-0.15, -0.1) is 0 Å². The van der Waals surface area contributed by atoms with Gasteiger partial charge in [0.2, 0.25) is 0 Å². The molecule has 0 atom stereocenters. The first-order valence-electron chi connectivity index (χ1n) is 7.25. The molecule has 1 aliphatic rings. The maximum atomic E-state index is 12.7. The summed E-state index contributed by atoms with van der Waals surface area (Å²) in [7, 11) is 1.36. The molecular formula is C16H20ClNO3. The normalized spacial score (nSPS) is 15.0. The number of halogens is 1. The Morgan fingerprint density at radius 1 is 1.33 bits per heavy atom. The van der Waals surface area contributed by atoms with Crippen molar-refractivity contribution >= 4 is 23.5 Å². The SMILES string of the molecule is COC(=O)CCN(C(=O)c1cccc(Cl)c1)C1CCCC1. The molecule has 0 bridgehead atoms. The second-order valence-electron chi connectivity index (χ2n) is 5.27. The van der Waals surface area contributed by atoms with Crippen LogP contribution in [0.1, 0.15) is 42.5 Å². The van der Waals surface area contributed by atoms with Gasteiger partial charge in [0.25, 0.3) is 5.91 Å². The van der Waals surface area contributed by atoms with E-state index in [4.69, 9.17) is 11.6 Å². The van der Waals surface area contributed by atoms with Crippen LogP contribution in [-0.4, -0.2) is 36.5 Å². The second kappa shape index (κ2) is 7.46. The van der Waals surface area contributed by atoms with E-state index in [0.29, 0.717) is 17.1 Å². The van der Waals surface area contributed by atoms with Crippen LogP contribution < -0.4 is 0 Å². The number of hydrogen-bond donors (Lipinski definition) is 0. The summed E-state index contributed by atoms with van der Waals surface area (Å²) in [5, 5.41) is 0.542. The van der Waals surface area contributed by atoms with Crippen molar-refractivity contribution in [1.29, 1.82) is 0 Å². The van der Waals surface area contributed by atoms with E-state index < -0.39 is 0 Å². The molecular weight excluding hydrogens is 290 g/mol. The van der Waals surface area contributed by atoms with Crippen molar-refractivity contribution < 1.29 is 14.3 Å². The lowest BCUT2D eigenvalue weighted by atomic mass is 10.1. The highest BCUT2D eigenvalue weighted by Gasteiger charge is 2.27. The van der Waals surface area contributed by atoms with Crippen LogP contribution in [0.25, 0.3) is 0 Å². The van der Waals surface area contributed by atoms with Crippen molar-refractivity contribution in [3.8, 4) is 0 Å². The fourth-order valence-electron chi connectivity index (χ4n) is 2.77. The predicted molar refractivity (Wildman–Crippen MR) is 81.4 cm³/mol. The van der Waals surface area contributed by atoms with Gasteiger partial charge in [-0.05, 0) is 31.0 Å². The third kappa shape index (κ3) is 4.21. The molecule has 1 aromatic rings. The van der Waals surface area contributed by atoms with Gasteiger partial charge in [0.05, 0.1) is 13.5 Å². The molecule has 1 aliphatic carbocycles. The number of methoxy groups -OCH3 is 1. The molecule has 0 heterocycles. The number of esters is 1. The summed E-state index contributed by atoms with van der Waals surface area (Å²) in [6, 6.07) is 7.15. The van der Waals surface area contributed by atoms with E-state index in [1.54, 1.807) is 29.2 Å². The number of nitrogens with zero attached hydrogens (tertiary/aromatic N) is 1. The van der Waals surface area contributed by atoms with Gasteiger partial charge in [0, 0.05) is 23.2 Å². The summed E-state index contributed by atoms with van der Waals surface area (Å²) in [6.45, 7) is 0.392. The van der Waals surface area contributed by atoms with Gasteiger partial charge in [-0.2, -0.15) is 0 Å². The zero-order valence-electron chi connectivity index (χ0n) is 12.2. The Hall–Kier alpha value is -1.55. The zero-order valence-corrected chi connectivity index (χ0v) is 12.9. The molecule has 0 saturated heterocycles. The fraction of sp³-hybridized carbons (Fsp3) is 0.500. The first-order chi connectivity index (χ1) is 10.1. The molecule has 5 heteroatoms. The number of rotatable bonds is 5. The van der Waals surface area contributed by atoms with E-state index in [0.717, 1.165) is 25.7 Å². The molecule has 1 saturated carbocycles. The average molecular weight is 310 g/mol. The van der Waals surface area contributed by atoms with E-state index >= 15 is 0 Å². The summed E-state index contributed by atoms with van der Waals surface area (Å²) in [6.07, 6.45) is 4.46. The Morgan fingerprint density at radius 2 is 2.05 bits per heavy atom. The highest BCUT2D eigenvalue weighted by molar-refractivity contribution is 6.30. The Kier molecular flexibility index (Phi) is 5.62. The van der Waals surface area contributed by atoms with Crippen molar-refractivity contribution in [3.63, 3.8) is 0 Å². The minimum atomic E-state index is -0.295. The van der Waals surface area contributed by atoms with Crippen molar-refractivity contribution in [1.82, 2.24) is 4.90 Å². The summed E-state index contributed by atoms with van der Waals surface area (Å²) in [5.74, 6) is -0.356. The number of benzene rings is 1. The van der Waals surface area contributed by atoms with E-state index in [9.17, 15) is 9.59 Å². The molecule has 1 fully saturated rings. The largest absolute Gasteiger partial charge is 0.469 e. The van der Waals surface area contributed by atoms with Crippen molar-refractivity contribution in [2.75, 3.05) is 13.7 Å². The minimum Gasteiger partial charge on any atom is -0.469 e. The lowest BCUT2D eigenvalue weighted by Gasteiger charge is -2.29. The number of ether oxygens (including phenoxy) is 1. The predicted octanol–water partition coefficient (Wildman–Crippen LogP) is 3.29. The van der Waals surface area contributed by atoms with Gasteiger partial charge in [0.15, 0.2) is 0 Å². The van der Waals surface area contributed by atoms with Crippen LogP contribution >= 0.6 is 11.6 Å². The fourth-order valence-corrected chi connectivity index (χ4v) is 2.96. The first-order valence-corrected chi connectivity index (χ1v) is 7.63. The van der Waals surface area contributed by atoms with E-state index in [1.807, 2.05) is 0 Å². The standard InChI is InChI=1S/C16H20ClNO3/c1-21-15(19)9-10-18(14-7-2-3-8-14)16(20)12-5-4-6-13(17)11-12/h4-6,11,14H,2-3,7-10H2,1H3. The average Bonchev–Trinajstić information content (AvgIpc) is 3.01. The van der Waals surface area contributed by atoms with Crippen LogP contribution in [0.4, 0.5) is 0 Å². The smallest absolute Gasteiger partial charge is 0.307 e. The summed E-state index contributed by atoms with van der Waals surface area (Å²) in [4.78, 5) is 25.9. The lowest BCUT2D eigenvalue weighted by molar-refractivity contribution is -0.140. The summed E-state index contributed by atoms with van der Waals surface area (Å²) < 4.78 is 4.67. The van der Waals surface area contributed by atoms with Crippen LogP contribution in [0, 0.1) is 0 Å². The maximum absolute atomic E-state index is 12.7. The first kappa shape index (κ1) is 15.8. The monoisotopic (exact) mass is 309 g/mol. The van der Waals surface area contributed by atoms with Crippen molar-refractivity contribution in [2.24, 2.45) is 0 Å². The minimum absolute atomic E-state index is 0.0618. The highest BCUT2D eigenvalue weighted by Crippen LogP contribution is 2.25. The third-order valence-corrected chi connectivity index (χ3v) is 4.12. The molecule has 2 rings (SSSR count). The van der Waals surface area contributed by atoms with Crippen molar-refractivity contribution in [3.05, 3.63) is 34.9 Å². The Balaban J connectivity index is 2.13. The lowest BCUT2D eigenvalue weighted by Crippen LogP contribution is -2.40. The molecule has 1 amide bonds. The van der Waals surface area contributed by atoms with Gasteiger partial charge in [-0.1, -0.05) is 30.5 Å². The van der Waals surface area contributed by atoms with E-state index in [1.165, 1.54) is 7.11 Å². The van der Waals surface area contributed by atoms with Gasteiger partial charge < -0.3 is 9.64 Å². The van der Waals surface area contributed by atoms with Crippen LogP contribution in [0.3, 0.4) is 0 Å². The topological polar surface area (TPSA) is 46.6 Å². The molecule has 114 valence electrons. The molecule has 1 aromatic carbocycles. The Labute approximate surface area is 130 Å². The van der Waals surface area contributed by atoms with Crippen LogP contribution in [0.15, 0.2) is 24.3 Å². The maximum Gasteiger partial charge on any atom is 0.307 e. The quantitative estimate of drug-likeness (QED) is 0.784. The Morgan fingerprint density at radius 3 is 2.67 bits per heavy atom. The Bertz CT molecular complexity index is 512. The molecule has 0 N–H and O–H groups in total. The van der Waals surface area contributed by atoms with Gasteiger partial charge in [-0.3, -0.25) is 9.59 Å². The molecule has 0 aliphatic heterocycles. The number of hydrogen-bond acceptors (Lipinski definition) is 3. The second-order valence-corrected chi connectivity index (χ2v) is 5.71. The summed E-state index contributed by atoms with van der Waals surface area (Å²) in [5.41, 5.74) is 0.569. The molecule has 0 aromatic heterocycles. The van der Waals surface area contributed by atoms with Gasteiger partial charge in [-0.25, -0.2) is 0 Å². The van der Waals surface area contributed by atoms with E-state index in [2.05, 4.69) is 4.74 Å². The zero-order chi connectivity index (χ0) is 15.2.